The lowest BCUT2D eigenvalue weighted by atomic mass is 9.96. The number of likely N-dealkylation sites (tertiary alicyclic amines) is 1. The predicted molar refractivity (Wildman–Crippen MR) is 95.2 cm³/mol. The van der Waals surface area contributed by atoms with E-state index in [1.54, 1.807) is 0 Å². The molecular formula is C18H30N4O2. The van der Waals surface area contributed by atoms with Crippen LogP contribution in [0, 0.1) is 11.8 Å². The van der Waals surface area contributed by atoms with Gasteiger partial charge in [0.05, 0.1) is 13.2 Å². The molecule has 0 saturated carbocycles. The van der Waals surface area contributed by atoms with Crippen molar-refractivity contribution in [3.8, 4) is 0 Å². The van der Waals surface area contributed by atoms with Crippen molar-refractivity contribution in [3.05, 3.63) is 23.9 Å². The van der Waals surface area contributed by atoms with Gasteiger partial charge in [0, 0.05) is 66.2 Å². The number of morpholine rings is 1. The molecule has 6 heteroatoms. The van der Waals surface area contributed by atoms with Crippen molar-refractivity contribution in [1.29, 1.82) is 0 Å². The highest BCUT2D eigenvalue weighted by Gasteiger charge is 2.33. The van der Waals surface area contributed by atoms with Crippen LogP contribution in [-0.4, -0.2) is 86.5 Å². The smallest absolute Gasteiger partial charge is 0.127 e. The Morgan fingerprint density at radius 3 is 2.54 bits per heavy atom. The number of hydrogen-bond donors (Lipinski definition) is 1. The lowest BCUT2D eigenvalue weighted by Gasteiger charge is -2.30. The summed E-state index contributed by atoms with van der Waals surface area (Å²) in [6.45, 7) is 8.01. The minimum absolute atomic E-state index is 0.281. The highest BCUT2D eigenvalue weighted by atomic mass is 16.5. The van der Waals surface area contributed by atoms with Gasteiger partial charge in [-0.15, -0.1) is 0 Å². The van der Waals surface area contributed by atoms with Gasteiger partial charge in [-0.1, -0.05) is 6.07 Å². The summed E-state index contributed by atoms with van der Waals surface area (Å²) in [6.07, 6.45) is 1.97. The second kappa shape index (κ2) is 8.25. The van der Waals surface area contributed by atoms with Gasteiger partial charge in [0.1, 0.15) is 5.82 Å². The normalized spacial score (nSPS) is 26.0. The maximum atomic E-state index is 9.76. The summed E-state index contributed by atoms with van der Waals surface area (Å²) in [5, 5.41) is 9.76. The van der Waals surface area contributed by atoms with Crippen LogP contribution in [0.15, 0.2) is 18.3 Å². The molecule has 1 N–H and O–H groups in total. The standard InChI is InChI=1S/C18H30N4O2/c1-20(2)18-4-3-15(9-19-18)10-22-12-16(17(13-22)14-23)11-21-5-7-24-8-6-21/h3-4,9,16-17,23H,5-8,10-14H2,1-2H3. The molecule has 0 aliphatic carbocycles. The first kappa shape index (κ1) is 17.6. The summed E-state index contributed by atoms with van der Waals surface area (Å²) in [4.78, 5) is 11.5. The van der Waals surface area contributed by atoms with E-state index >= 15 is 0 Å². The molecule has 0 amide bonds. The Kier molecular flexibility index (Phi) is 6.05. The molecule has 0 radical (unpaired) electrons. The number of aliphatic hydroxyl groups is 1. The van der Waals surface area contributed by atoms with Crippen molar-refractivity contribution < 1.29 is 9.84 Å². The third kappa shape index (κ3) is 4.45. The molecule has 1 aromatic rings. The van der Waals surface area contributed by atoms with E-state index in [-0.39, 0.29) is 6.61 Å². The van der Waals surface area contributed by atoms with E-state index in [4.69, 9.17) is 4.74 Å². The van der Waals surface area contributed by atoms with Crippen molar-refractivity contribution in [2.24, 2.45) is 11.8 Å². The lowest BCUT2D eigenvalue weighted by Crippen LogP contribution is -2.41. The molecule has 0 aromatic carbocycles. The molecular weight excluding hydrogens is 304 g/mol. The third-order valence-corrected chi connectivity index (χ3v) is 5.16. The maximum absolute atomic E-state index is 9.76. The van der Waals surface area contributed by atoms with Crippen molar-refractivity contribution >= 4 is 5.82 Å². The number of hydrogen-bond acceptors (Lipinski definition) is 6. The van der Waals surface area contributed by atoms with E-state index < -0.39 is 0 Å². The Bertz CT molecular complexity index is 502. The summed E-state index contributed by atoms with van der Waals surface area (Å²) in [7, 11) is 4.01. The number of ether oxygens (including phenoxy) is 1. The Labute approximate surface area is 145 Å². The Morgan fingerprint density at radius 1 is 1.17 bits per heavy atom. The third-order valence-electron chi connectivity index (χ3n) is 5.16. The largest absolute Gasteiger partial charge is 0.396 e. The second-order valence-corrected chi connectivity index (χ2v) is 7.23. The highest BCUT2D eigenvalue weighted by molar-refractivity contribution is 5.37. The van der Waals surface area contributed by atoms with Gasteiger partial charge in [0.25, 0.3) is 0 Å². The van der Waals surface area contributed by atoms with Crippen LogP contribution in [0.2, 0.25) is 0 Å². The van der Waals surface area contributed by atoms with Gasteiger partial charge in [-0.2, -0.15) is 0 Å². The molecule has 24 heavy (non-hydrogen) atoms. The van der Waals surface area contributed by atoms with E-state index in [0.29, 0.717) is 11.8 Å². The van der Waals surface area contributed by atoms with Gasteiger partial charge in [-0.25, -0.2) is 4.98 Å². The van der Waals surface area contributed by atoms with Gasteiger partial charge in [0.15, 0.2) is 0 Å². The molecule has 0 bridgehead atoms. The van der Waals surface area contributed by atoms with Crippen molar-refractivity contribution in [2.45, 2.75) is 6.54 Å². The molecule has 6 nitrogen and oxygen atoms in total. The first-order valence-corrected chi connectivity index (χ1v) is 8.91. The van der Waals surface area contributed by atoms with Gasteiger partial charge < -0.3 is 14.7 Å². The van der Waals surface area contributed by atoms with Crippen molar-refractivity contribution in [2.75, 3.05) is 71.5 Å². The van der Waals surface area contributed by atoms with Crippen LogP contribution in [-0.2, 0) is 11.3 Å². The number of nitrogens with zero attached hydrogens (tertiary/aromatic N) is 4. The molecule has 3 heterocycles. The molecule has 2 aliphatic rings. The summed E-state index contributed by atoms with van der Waals surface area (Å²) in [5.41, 5.74) is 1.24. The second-order valence-electron chi connectivity index (χ2n) is 7.23. The fourth-order valence-corrected chi connectivity index (χ4v) is 3.73. The Balaban J connectivity index is 1.55. The predicted octanol–water partition coefficient (Wildman–Crippen LogP) is 0.520. The molecule has 2 fully saturated rings. The SMILES string of the molecule is CN(C)c1ccc(CN2CC(CO)C(CN3CCOCC3)C2)cn1. The first-order valence-electron chi connectivity index (χ1n) is 8.91. The molecule has 2 saturated heterocycles. The maximum Gasteiger partial charge on any atom is 0.127 e. The van der Waals surface area contributed by atoms with E-state index in [0.717, 1.165) is 58.3 Å². The van der Waals surface area contributed by atoms with E-state index in [1.807, 2.05) is 25.2 Å². The van der Waals surface area contributed by atoms with E-state index in [2.05, 4.69) is 26.9 Å². The zero-order chi connectivity index (χ0) is 16.9. The quantitative estimate of drug-likeness (QED) is 0.819. The summed E-state index contributed by atoms with van der Waals surface area (Å²) in [5.74, 6) is 1.91. The topological polar surface area (TPSA) is 52.1 Å². The summed E-state index contributed by atoms with van der Waals surface area (Å²) in [6, 6.07) is 4.23. The average molecular weight is 334 g/mol. The highest BCUT2D eigenvalue weighted by Crippen LogP contribution is 2.26. The minimum atomic E-state index is 0.281. The monoisotopic (exact) mass is 334 g/mol. The molecule has 2 unspecified atom stereocenters. The van der Waals surface area contributed by atoms with Crippen LogP contribution in [0.1, 0.15) is 5.56 Å². The number of aromatic nitrogens is 1. The van der Waals surface area contributed by atoms with Crippen molar-refractivity contribution in [1.82, 2.24) is 14.8 Å². The number of rotatable bonds is 6. The zero-order valence-electron chi connectivity index (χ0n) is 14.9. The number of anilines is 1. The molecule has 2 atom stereocenters. The van der Waals surface area contributed by atoms with Gasteiger partial charge in [-0.3, -0.25) is 9.80 Å². The fourth-order valence-electron chi connectivity index (χ4n) is 3.73. The summed E-state index contributed by atoms with van der Waals surface area (Å²) >= 11 is 0. The number of aliphatic hydroxyl groups excluding tert-OH is 1. The lowest BCUT2D eigenvalue weighted by molar-refractivity contribution is 0.0264. The Morgan fingerprint density at radius 2 is 1.92 bits per heavy atom. The molecule has 0 spiro atoms. The first-order chi connectivity index (χ1) is 11.7. The average Bonchev–Trinajstić information content (AvgIpc) is 2.97. The van der Waals surface area contributed by atoms with Crippen LogP contribution >= 0.6 is 0 Å². The van der Waals surface area contributed by atoms with Crippen molar-refractivity contribution in [3.63, 3.8) is 0 Å². The van der Waals surface area contributed by atoms with Crippen LogP contribution < -0.4 is 4.90 Å². The molecule has 134 valence electrons. The molecule has 1 aromatic heterocycles. The van der Waals surface area contributed by atoms with Crippen LogP contribution in [0.3, 0.4) is 0 Å². The fraction of sp³-hybridized carbons (Fsp3) is 0.722. The van der Waals surface area contributed by atoms with Crippen LogP contribution in [0.4, 0.5) is 5.82 Å². The zero-order valence-corrected chi connectivity index (χ0v) is 14.9. The van der Waals surface area contributed by atoms with Crippen LogP contribution in [0.5, 0.6) is 0 Å². The molecule has 3 rings (SSSR count). The van der Waals surface area contributed by atoms with Gasteiger partial charge >= 0.3 is 0 Å². The van der Waals surface area contributed by atoms with E-state index in [9.17, 15) is 5.11 Å². The van der Waals surface area contributed by atoms with Gasteiger partial charge in [-0.05, 0) is 23.5 Å². The Hall–Kier alpha value is -1.21. The van der Waals surface area contributed by atoms with Crippen LogP contribution in [0.25, 0.3) is 0 Å². The summed E-state index contributed by atoms with van der Waals surface area (Å²) < 4.78 is 5.43. The van der Waals surface area contributed by atoms with Gasteiger partial charge in [0.2, 0.25) is 0 Å². The minimum Gasteiger partial charge on any atom is -0.396 e. The molecule has 2 aliphatic heterocycles. The van der Waals surface area contributed by atoms with E-state index in [1.165, 1.54) is 5.56 Å². The number of pyridine rings is 1.